The lowest BCUT2D eigenvalue weighted by Crippen LogP contribution is -2.31. The van der Waals surface area contributed by atoms with Gasteiger partial charge in [-0.15, -0.1) is 0 Å². The summed E-state index contributed by atoms with van der Waals surface area (Å²) in [5.74, 6) is 1.83. The van der Waals surface area contributed by atoms with Crippen LogP contribution in [0.3, 0.4) is 0 Å². The van der Waals surface area contributed by atoms with Crippen molar-refractivity contribution >= 4 is 32.8 Å². The van der Waals surface area contributed by atoms with Gasteiger partial charge in [0, 0.05) is 23.0 Å². The van der Waals surface area contributed by atoms with Crippen molar-refractivity contribution in [3.63, 3.8) is 0 Å². The molecule has 0 atom stereocenters. The van der Waals surface area contributed by atoms with E-state index in [4.69, 9.17) is 23.4 Å². The second-order valence-electron chi connectivity index (χ2n) is 29.4. The topological polar surface area (TPSA) is 35.9 Å². The van der Waals surface area contributed by atoms with Crippen molar-refractivity contribution in [3.8, 4) is 84.3 Å². The summed E-state index contributed by atoms with van der Waals surface area (Å²) in [6.45, 7) is 34.1. The van der Waals surface area contributed by atoms with Gasteiger partial charge in [-0.05, 0) is 183 Å². The minimum atomic E-state index is -0.572. The van der Waals surface area contributed by atoms with E-state index in [0.29, 0.717) is 28.2 Å². The molecule has 0 fully saturated rings. The monoisotopic (exact) mass is 1200 g/mol. The molecule has 91 heavy (non-hydrogen) atoms. The number of para-hydroxylation sites is 3. The molecule has 3 heterocycles. The second kappa shape index (κ2) is 22.7. The molecule has 454 valence electrons. The summed E-state index contributed by atoms with van der Waals surface area (Å²) < 4.78 is 101. The Balaban J connectivity index is 0.974. The summed E-state index contributed by atoms with van der Waals surface area (Å²) in [4.78, 5) is 5.08. The third-order valence-electron chi connectivity index (χ3n) is 17.5. The highest BCUT2D eigenvalue weighted by atomic mass is 16.5. The van der Waals surface area contributed by atoms with E-state index in [1.54, 1.807) is 22.8 Å². The first-order chi connectivity index (χ1) is 47.4. The van der Waals surface area contributed by atoms with Crippen LogP contribution in [0.15, 0.2) is 236 Å². The molecule has 0 aliphatic heterocycles. The van der Waals surface area contributed by atoms with Gasteiger partial charge in [0.2, 0.25) is 0 Å². The molecule has 13 rings (SSSR count). The maximum atomic E-state index is 9.17. The van der Waals surface area contributed by atoms with Crippen LogP contribution in [0.2, 0.25) is 0 Å². The molecular weight excluding hydrogens is 1100 g/mol. The average molecular weight is 1200 g/mol. The molecule has 0 unspecified atom stereocenters. The van der Waals surface area contributed by atoms with Crippen LogP contribution in [0, 0.1) is 6.33 Å². The van der Waals surface area contributed by atoms with Gasteiger partial charge < -0.3 is 4.74 Å². The molecule has 0 aliphatic rings. The van der Waals surface area contributed by atoms with Gasteiger partial charge in [0.1, 0.15) is 17.3 Å². The zero-order valence-electron chi connectivity index (χ0n) is 64.9. The van der Waals surface area contributed by atoms with Crippen LogP contribution < -0.4 is 9.30 Å². The lowest BCUT2D eigenvalue weighted by molar-refractivity contribution is -0.571. The Morgan fingerprint density at radius 2 is 0.890 bits per heavy atom. The third-order valence-corrected chi connectivity index (χ3v) is 17.5. The van der Waals surface area contributed by atoms with Crippen LogP contribution in [0.4, 0.5) is 0 Å². The Kier molecular flexibility index (Phi) is 12.3. The quantitative estimate of drug-likeness (QED) is 0.101. The lowest BCUT2D eigenvalue weighted by atomic mass is 9.78. The molecular formula is C86H84N4O. The molecule has 0 amide bonds. The Morgan fingerprint density at radius 3 is 1.44 bits per heavy atom. The van der Waals surface area contributed by atoms with E-state index in [1.807, 2.05) is 65.4 Å². The van der Waals surface area contributed by atoms with Crippen molar-refractivity contribution in [3.05, 3.63) is 271 Å². The summed E-state index contributed by atoms with van der Waals surface area (Å²) in [6, 6.07) is 53.2. The first-order valence-corrected chi connectivity index (χ1v) is 31.4. The summed E-state index contributed by atoms with van der Waals surface area (Å²) in [6.07, 6.45) is 5.39. The van der Waals surface area contributed by atoms with Crippen LogP contribution in [-0.4, -0.2) is 14.1 Å². The number of fused-ring (bicyclic) bond motifs is 4. The fourth-order valence-corrected chi connectivity index (χ4v) is 12.1. The van der Waals surface area contributed by atoms with Crippen LogP contribution in [-0.2, 0) is 27.1 Å². The summed E-state index contributed by atoms with van der Waals surface area (Å²) in [5.41, 5.74) is 16.5. The Labute approximate surface area is 553 Å². The maximum absolute atomic E-state index is 9.17. The molecule has 0 radical (unpaired) electrons. The fraction of sp³-hybridized carbons (Fsp3) is 0.233. The largest absolute Gasteiger partial charge is 0.458 e. The number of aromatic nitrogens is 4. The predicted molar refractivity (Wildman–Crippen MR) is 383 cm³/mol. The summed E-state index contributed by atoms with van der Waals surface area (Å²) in [5, 5.41) is 2.05. The third kappa shape index (κ3) is 12.0. The number of nitrogens with zero attached hydrogens (tertiary/aromatic N) is 4. The number of rotatable bonds is 10. The summed E-state index contributed by atoms with van der Waals surface area (Å²) >= 11 is 0. The molecule has 0 saturated carbocycles. The lowest BCUT2D eigenvalue weighted by Gasteiger charge is -2.27. The smallest absolute Gasteiger partial charge is 0.269 e. The van der Waals surface area contributed by atoms with Gasteiger partial charge in [-0.1, -0.05) is 255 Å². The minimum Gasteiger partial charge on any atom is -0.458 e. The second-order valence-corrected chi connectivity index (χ2v) is 29.4. The standard InChI is InChI=1S/C86H84N4O/c1-82(2,3)64-40-41-87-80(52-64)90-76-39-36-58(59-42-60(62-45-65(83(4,5)6)50-66(46-62)84(7,8)9)44-61(43-59)63-47-67(85(10,11)12)51-68(48-63)86(13,14)15)49-75(76)74-38-37-71(54-79(74)90)91-70-31-24-30-69(53-70)88-55-89(78-35-23-22-34-77(78)88)81-72(56-26-18-16-19-27-56)32-25-33-73(81)57-28-20-17-21-29-57/h16-54H,1-15H3/i16D,17D,18D,19D,20D,21D,26D,27D,28D,29D. The Hall–Kier alpha value is -9.58. The molecule has 10 aromatic carbocycles. The molecule has 13 aromatic rings. The summed E-state index contributed by atoms with van der Waals surface area (Å²) in [7, 11) is 0. The SMILES string of the molecule is [2H]c1c([2H])c([2H])c(-c2cccc(-c3c([2H])c([2H])c([2H])c([2H])c3[2H])c2-[n+]2[c-]n(-c3cccc(Oc4ccc5c6cc(-c7cc(-c8cc(C(C)(C)C)cc(C(C)(C)C)c8)cc(-c8cc(C(C)(C)C)cc(C(C)(C)C)c8)c7)ccc6n(-c6cc(C(C)(C)C)ccn6)c5c4)c3)c3ccccc32)c([2H])c1[2H]. The Bertz CT molecular complexity index is 5250. The van der Waals surface area contributed by atoms with Gasteiger partial charge in [-0.3, -0.25) is 13.7 Å². The van der Waals surface area contributed by atoms with Crippen molar-refractivity contribution in [1.29, 1.82) is 0 Å². The number of imidazole rings is 1. The maximum Gasteiger partial charge on any atom is 0.269 e. The molecule has 3 aromatic heterocycles. The highest BCUT2D eigenvalue weighted by Crippen LogP contribution is 2.44. The normalized spacial score (nSPS) is 14.1. The van der Waals surface area contributed by atoms with E-state index < -0.39 is 60.4 Å². The van der Waals surface area contributed by atoms with Gasteiger partial charge >= 0.3 is 0 Å². The zero-order valence-corrected chi connectivity index (χ0v) is 54.9. The van der Waals surface area contributed by atoms with E-state index in [-0.39, 0.29) is 55.0 Å². The molecule has 0 saturated heterocycles. The Morgan fingerprint density at radius 1 is 0.385 bits per heavy atom. The van der Waals surface area contributed by atoms with Crippen molar-refractivity contribution in [1.82, 2.24) is 14.1 Å². The zero-order chi connectivity index (χ0) is 72.6. The van der Waals surface area contributed by atoms with Crippen LogP contribution >= 0.6 is 0 Å². The minimum absolute atomic E-state index is 0.0887. The fourth-order valence-electron chi connectivity index (χ4n) is 12.1. The molecule has 0 bridgehead atoms. The number of pyridine rings is 1. The van der Waals surface area contributed by atoms with Crippen molar-refractivity contribution in [2.75, 3.05) is 0 Å². The average Bonchev–Trinajstić information content (AvgIpc) is 1.71. The van der Waals surface area contributed by atoms with E-state index >= 15 is 0 Å². The van der Waals surface area contributed by atoms with Crippen molar-refractivity contribution in [2.45, 2.75) is 131 Å². The molecule has 5 nitrogen and oxygen atoms in total. The van der Waals surface area contributed by atoms with E-state index in [0.717, 1.165) is 55.4 Å². The number of ether oxygens (including phenoxy) is 1. The molecule has 0 N–H and O–H groups in total. The molecule has 0 aliphatic carbocycles. The van der Waals surface area contributed by atoms with Crippen molar-refractivity contribution < 1.29 is 23.0 Å². The number of hydrogen-bond donors (Lipinski definition) is 0. The first kappa shape index (κ1) is 49.2. The number of hydrogen-bond acceptors (Lipinski definition) is 2. The van der Waals surface area contributed by atoms with Gasteiger partial charge in [-0.2, -0.15) is 0 Å². The van der Waals surface area contributed by atoms with E-state index in [2.05, 4.69) is 212 Å². The van der Waals surface area contributed by atoms with Crippen LogP contribution in [0.1, 0.15) is 145 Å². The van der Waals surface area contributed by atoms with E-state index in [9.17, 15) is 0 Å². The number of benzene rings is 10. The van der Waals surface area contributed by atoms with Crippen LogP contribution in [0.5, 0.6) is 11.5 Å². The highest BCUT2D eigenvalue weighted by molar-refractivity contribution is 6.11. The highest BCUT2D eigenvalue weighted by Gasteiger charge is 2.26. The first-order valence-electron chi connectivity index (χ1n) is 36.4. The van der Waals surface area contributed by atoms with Gasteiger partial charge in [0.15, 0.2) is 0 Å². The predicted octanol–water partition coefficient (Wildman–Crippen LogP) is 22.8. The molecule has 0 spiro atoms. The van der Waals surface area contributed by atoms with E-state index in [1.165, 1.54) is 33.4 Å². The van der Waals surface area contributed by atoms with Crippen molar-refractivity contribution in [2.24, 2.45) is 0 Å². The van der Waals surface area contributed by atoms with Gasteiger partial charge in [0.05, 0.1) is 47.1 Å². The van der Waals surface area contributed by atoms with Gasteiger partial charge in [0.25, 0.3) is 6.33 Å². The molecule has 5 heteroatoms. The van der Waals surface area contributed by atoms with Gasteiger partial charge in [-0.25, -0.2) is 4.98 Å². The van der Waals surface area contributed by atoms with Crippen LogP contribution in [0.25, 0.3) is 106 Å².